The van der Waals surface area contributed by atoms with E-state index in [4.69, 9.17) is 9.47 Å². The van der Waals surface area contributed by atoms with Gasteiger partial charge in [0.15, 0.2) is 4.34 Å². The van der Waals surface area contributed by atoms with Crippen LogP contribution in [0.4, 0.5) is 10.8 Å². The number of amides is 1. The van der Waals surface area contributed by atoms with Gasteiger partial charge in [0.1, 0.15) is 11.5 Å². The molecule has 0 saturated carbocycles. The lowest BCUT2D eigenvalue weighted by molar-refractivity contribution is -0.129. The highest BCUT2D eigenvalue weighted by molar-refractivity contribution is 8.01. The number of carbonyl (C=O) groups is 1. The molecule has 1 saturated heterocycles. The summed E-state index contributed by atoms with van der Waals surface area (Å²) in [5, 5.41) is 12.4. The summed E-state index contributed by atoms with van der Waals surface area (Å²) in [5.74, 6) is 1.95. The molecule has 32 heavy (non-hydrogen) atoms. The summed E-state index contributed by atoms with van der Waals surface area (Å²) in [6, 6.07) is 13.8. The van der Waals surface area contributed by atoms with Gasteiger partial charge in [-0.25, -0.2) is 0 Å². The fraction of sp³-hybridized carbons (Fsp3) is 0.348. The molecule has 4 rings (SSSR count). The average molecular weight is 471 g/mol. The summed E-state index contributed by atoms with van der Waals surface area (Å²) < 4.78 is 11.7. The molecule has 2 heterocycles. The molecule has 1 fully saturated rings. The predicted molar refractivity (Wildman–Crippen MR) is 128 cm³/mol. The molecule has 1 aliphatic heterocycles. The first-order chi connectivity index (χ1) is 15.6. The van der Waals surface area contributed by atoms with E-state index < -0.39 is 0 Å². The molecular weight excluding hydrogens is 444 g/mol. The Morgan fingerprint density at radius 1 is 1.22 bits per heavy atom. The van der Waals surface area contributed by atoms with Crippen LogP contribution in [0, 0.1) is 6.92 Å². The summed E-state index contributed by atoms with van der Waals surface area (Å²) in [4.78, 5) is 15.0. The highest BCUT2D eigenvalue weighted by Gasteiger charge is 2.32. The Balaban J connectivity index is 1.39. The number of rotatable bonds is 8. The van der Waals surface area contributed by atoms with Crippen LogP contribution >= 0.6 is 23.1 Å². The number of nitrogens with one attached hydrogen (secondary N) is 1. The van der Waals surface area contributed by atoms with Crippen molar-refractivity contribution in [2.45, 2.75) is 30.1 Å². The number of aromatic nitrogens is 2. The lowest BCUT2D eigenvalue weighted by Crippen LogP contribution is -2.32. The van der Waals surface area contributed by atoms with E-state index in [1.807, 2.05) is 48.2 Å². The molecule has 0 spiro atoms. The number of anilines is 2. The van der Waals surface area contributed by atoms with Gasteiger partial charge < -0.3 is 19.7 Å². The van der Waals surface area contributed by atoms with Gasteiger partial charge in [-0.05, 0) is 55.7 Å². The van der Waals surface area contributed by atoms with E-state index in [9.17, 15) is 4.79 Å². The Bertz CT molecular complexity index is 1090. The lowest BCUT2D eigenvalue weighted by Gasteiger charge is -2.26. The van der Waals surface area contributed by atoms with E-state index in [1.54, 1.807) is 14.2 Å². The number of carbonyl (C=O) groups excluding carboxylic acids is 1. The van der Waals surface area contributed by atoms with Crippen molar-refractivity contribution in [3.8, 4) is 11.5 Å². The quantitative estimate of drug-likeness (QED) is 0.461. The molecule has 1 aromatic heterocycles. The summed E-state index contributed by atoms with van der Waals surface area (Å²) in [6.45, 7) is 2.78. The van der Waals surface area contributed by atoms with Gasteiger partial charge in [-0.15, -0.1) is 10.2 Å². The van der Waals surface area contributed by atoms with E-state index in [1.165, 1.54) is 28.7 Å². The molecule has 1 amide bonds. The van der Waals surface area contributed by atoms with Crippen LogP contribution in [0.5, 0.6) is 11.5 Å². The summed E-state index contributed by atoms with van der Waals surface area (Å²) in [5.41, 5.74) is 3.14. The highest BCUT2D eigenvalue weighted by atomic mass is 32.2. The topological polar surface area (TPSA) is 76.6 Å². The minimum absolute atomic E-state index is 0.0129. The van der Waals surface area contributed by atoms with Gasteiger partial charge in [0.05, 0.1) is 26.0 Å². The Morgan fingerprint density at radius 2 is 2.09 bits per heavy atom. The Labute approximate surface area is 196 Å². The zero-order chi connectivity index (χ0) is 22.5. The zero-order valence-electron chi connectivity index (χ0n) is 18.3. The van der Waals surface area contributed by atoms with E-state index in [0.29, 0.717) is 10.9 Å². The minimum Gasteiger partial charge on any atom is -0.497 e. The van der Waals surface area contributed by atoms with Gasteiger partial charge in [-0.3, -0.25) is 4.79 Å². The zero-order valence-corrected chi connectivity index (χ0v) is 20.0. The van der Waals surface area contributed by atoms with Crippen LogP contribution in [-0.2, 0) is 4.79 Å². The Hall–Kier alpha value is -2.78. The van der Waals surface area contributed by atoms with Crippen molar-refractivity contribution in [3.05, 3.63) is 53.6 Å². The van der Waals surface area contributed by atoms with Gasteiger partial charge in [0, 0.05) is 17.8 Å². The van der Waals surface area contributed by atoms with Crippen molar-refractivity contribution in [1.29, 1.82) is 0 Å². The summed E-state index contributed by atoms with van der Waals surface area (Å²) >= 11 is 2.87. The number of aryl methyl sites for hydroxylation is 1. The smallest absolute Gasteiger partial charge is 0.233 e. The van der Waals surface area contributed by atoms with Gasteiger partial charge in [0.2, 0.25) is 11.0 Å². The predicted octanol–water partition coefficient (Wildman–Crippen LogP) is 5.06. The van der Waals surface area contributed by atoms with E-state index >= 15 is 0 Å². The summed E-state index contributed by atoms with van der Waals surface area (Å²) in [6.07, 6.45) is 1.87. The first-order valence-electron chi connectivity index (χ1n) is 10.4. The molecular formula is C23H26N4O3S2. The largest absolute Gasteiger partial charge is 0.497 e. The second kappa shape index (κ2) is 10.2. The van der Waals surface area contributed by atoms with Crippen LogP contribution in [0.15, 0.2) is 46.8 Å². The number of likely N-dealkylation sites (tertiary alicyclic amines) is 1. The van der Waals surface area contributed by atoms with Gasteiger partial charge >= 0.3 is 0 Å². The molecule has 9 heteroatoms. The van der Waals surface area contributed by atoms with Crippen LogP contribution in [0.2, 0.25) is 0 Å². The van der Waals surface area contributed by atoms with Crippen molar-refractivity contribution in [3.63, 3.8) is 0 Å². The normalized spacial score (nSPS) is 15.6. The lowest BCUT2D eigenvalue weighted by atomic mass is 10.0. The van der Waals surface area contributed by atoms with Crippen LogP contribution < -0.4 is 14.8 Å². The second-order valence-corrected chi connectivity index (χ2v) is 9.71. The first-order valence-corrected chi connectivity index (χ1v) is 12.2. The number of hydrogen-bond acceptors (Lipinski definition) is 8. The van der Waals surface area contributed by atoms with E-state index in [-0.39, 0.29) is 11.9 Å². The number of nitrogens with zero attached hydrogens (tertiary/aromatic N) is 3. The van der Waals surface area contributed by atoms with Crippen molar-refractivity contribution >= 4 is 39.8 Å². The molecule has 1 N–H and O–H groups in total. The molecule has 3 aromatic rings. The monoisotopic (exact) mass is 470 g/mol. The molecule has 1 unspecified atom stereocenters. The average Bonchev–Trinajstić information content (AvgIpc) is 3.47. The third-order valence-electron chi connectivity index (χ3n) is 5.36. The third-order valence-corrected chi connectivity index (χ3v) is 7.32. The first kappa shape index (κ1) is 22.4. The third kappa shape index (κ3) is 5.16. The standard InChI is InChI=1S/C23H26N4O3S2/c1-15-6-4-7-16(12-15)24-22-25-26-23(32-22)31-14-21(28)27-11-5-8-19(27)18-13-17(29-2)9-10-20(18)30-3/h4,6-7,9-10,12-13,19H,5,8,11,14H2,1-3H3,(H,24,25). The van der Waals surface area contributed by atoms with Crippen molar-refractivity contribution in [2.24, 2.45) is 0 Å². The minimum atomic E-state index is -0.0129. The van der Waals surface area contributed by atoms with Crippen LogP contribution in [0.3, 0.4) is 0 Å². The second-order valence-electron chi connectivity index (χ2n) is 7.51. The maximum absolute atomic E-state index is 13.1. The molecule has 168 valence electrons. The van der Waals surface area contributed by atoms with Crippen molar-refractivity contribution in [2.75, 3.05) is 31.8 Å². The molecule has 1 aliphatic rings. The maximum atomic E-state index is 13.1. The highest BCUT2D eigenvalue weighted by Crippen LogP contribution is 2.39. The Morgan fingerprint density at radius 3 is 2.88 bits per heavy atom. The molecule has 0 radical (unpaired) electrons. The fourth-order valence-electron chi connectivity index (χ4n) is 3.86. The molecule has 0 bridgehead atoms. The molecule has 0 aliphatic carbocycles. The van der Waals surface area contributed by atoms with E-state index in [2.05, 4.69) is 21.6 Å². The number of methoxy groups -OCH3 is 2. The van der Waals surface area contributed by atoms with E-state index in [0.717, 1.165) is 46.5 Å². The number of hydrogen-bond donors (Lipinski definition) is 1. The SMILES string of the molecule is COc1ccc(OC)c(C2CCCN2C(=O)CSc2nnc(Nc3cccc(C)c3)s2)c1. The number of ether oxygens (including phenoxy) is 2. The molecule has 2 aromatic carbocycles. The van der Waals surface area contributed by atoms with Gasteiger partial charge in [-0.2, -0.15) is 0 Å². The number of benzene rings is 2. The van der Waals surface area contributed by atoms with Gasteiger partial charge in [-0.1, -0.05) is 35.2 Å². The Kier molecular flexibility index (Phi) is 7.16. The van der Waals surface area contributed by atoms with Crippen LogP contribution in [-0.4, -0.2) is 47.5 Å². The van der Waals surface area contributed by atoms with Crippen molar-refractivity contribution < 1.29 is 14.3 Å². The number of thioether (sulfide) groups is 1. The molecule has 1 atom stereocenters. The van der Waals surface area contributed by atoms with Crippen LogP contribution in [0.1, 0.15) is 30.0 Å². The van der Waals surface area contributed by atoms with Crippen LogP contribution in [0.25, 0.3) is 0 Å². The molecule has 7 nitrogen and oxygen atoms in total. The summed E-state index contributed by atoms with van der Waals surface area (Å²) in [7, 11) is 3.30. The maximum Gasteiger partial charge on any atom is 0.233 e. The fourth-order valence-corrected chi connectivity index (χ4v) is 5.52. The van der Waals surface area contributed by atoms with Crippen molar-refractivity contribution in [1.82, 2.24) is 15.1 Å². The van der Waals surface area contributed by atoms with Gasteiger partial charge in [0.25, 0.3) is 0 Å².